The quantitative estimate of drug-likeness (QED) is 0.274. The molecule has 0 saturated carbocycles. The molecule has 0 aromatic rings. The van der Waals surface area contributed by atoms with E-state index < -0.39 is 0 Å². The number of rotatable bonds is 6. The normalized spacial score (nSPS) is 11.2. The van der Waals surface area contributed by atoms with E-state index in [1.54, 1.807) is 6.92 Å². The topological polar surface area (TPSA) is 43.4 Å². The molecule has 0 aromatic heterocycles. The van der Waals surface area contributed by atoms with Crippen molar-refractivity contribution in [1.29, 1.82) is 0 Å². The van der Waals surface area contributed by atoms with Crippen LogP contribution in [-0.2, 0) is 14.3 Å². The van der Waals surface area contributed by atoms with Crippen molar-refractivity contribution in [3.63, 3.8) is 0 Å². The lowest BCUT2D eigenvalue weighted by molar-refractivity contribution is -0.120. The lowest BCUT2D eigenvalue weighted by Crippen LogP contribution is -2.10. The highest BCUT2D eigenvalue weighted by molar-refractivity contribution is 6.19. The molecule has 0 fully saturated rings. The largest absolute Gasteiger partial charge is 0.501 e. The second kappa shape index (κ2) is 6.40. The molecule has 0 saturated heterocycles. The third kappa shape index (κ3) is 4.45. The Morgan fingerprint density at radius 3 is 2.31 bits per heavy atom. The van der Waals surface area contributed by atoms with E-state index in [4.69, 9.17) is 4.74 Å². The van der Waals surface area contributed by atoms with Gasteiger partial charge in [0.2, 0.25) is 0 Å². The fourth-order valence-electron chi connectivity index (χ4n) is 0.873. The minimum Gasteiger partial charge on any atom is -0.501 e. The predicted octanol–water partition coefficient (Wildman–Crippen LogP) is 1.86. The molecule has 0 unspecified atom stereocenters. The maximum Gasteiger partial charge on any atom is 0.169 e. The first-order valence-corrected chi connectivity index (χ1v) is 4.49. The van der Waals surface area contributed by atoms with Crippen LogP contribution >= 0.6 is 0 Å². The molecule has 74 valence electrons. The zero-order valence-electron chi connectivity index (χ0n) is 8.42. The molecule has 0 bridgehead atoms. The number of hydrogen-bond acceptors (Lipinski definition) is 3. The molecule has 0 spiro atoms. The first-order chi connectivity index (χ1) is 6.13. The first-order valence-electron chi connectivity index (χ1n) is 4.49. The van der Waals surface area contributed by atoms with Crippen LogP contribution < -0.4 is 0 Å². The lowest BCUT2D eigenvalue weighted by Gasteiger charge is -2.01. The highest BCUT2D eigenvalue weighted by Gasteiger charge is 2.13. The maximum atomic E-state index is 11.3. The third-order valence-corrected chi connectivity index (χ3v) is 1.52. The van der Waals surface area contributed by atoms with Crippen LogP contribution in [0.2, 0.25) is 0 Å². The SMILES string of the molecule is CCCC(=O)/C(=C\OCC)C(C)=O. The molecule has 0 aliphatic rings. The Labute approximate surface area is 78.8 Å². The van der Waals surface area contributed by atoms with E-state index in [1.807, 2.05) is 6.92 Å². The van der Waals surface area contributed by atoms with Crippen molar-refractivity contribution in [3.05, 3.63) is 11.8 Å². The molecular weight excluding hydrogens is 168 g/mol. The predicted molar refractivity (Wildman–Crippen MR) is 50.3 cm³/mol. The number of hydrogen-bond donors (Lipinski definition) is 0. The van der Waals surface area contributed by atoms with Crippen LogP contribution in [0.15, 0.2) is 11.8 Å². The Kier molecular flexibility index (Phi) is 5.85. The van der Waals surface area contributed by atoms with Gasteiger partial charge in [0.15, 0.2) is 11.6 Å². The highest BCUT2D eigenvalue weighted by atomic mass is 16.5. The molecule has 0 rings (SSSR count). The molecule has 3 nitrogen and oxygen atoms in total. The molecule has 0 N–H and O–H groups in total. The second-order valence-corrected chi connectivity index (χ2v) is 2.72. The molecule has 0 atom stereocenters. The summed E-state index contributed by atoms with van der Waals surface area (Å²) in [5.74, 6) is -0.365. The Bertz CT molecular complexity index is 216. The van der Waals surface area contributed by atoms with E-state index in [0.717, 1.165) is 6.42 Å². The van der Waals surface area contributed by atoms with Crippen molar-refractivity contribution in [2.75, 3.05) is 6.61 Å². The van der Waals surface area contributed by atoms with E-state index in [0.29, 0.717) is 13.0 Å². The Balaban J connectivity index is 4.41. The molecule has 3 heteroatoms. The minimum atomic E-state index is -0.230. The number of carbonyl (C=O) groups excluding carboxylic acids is 2. The summed E-state index contributed by atoms with van der Waals surface area (Å²) in [5.41, 5.74) is 0.170. The first kappa shape index (κ1) is 11.9. The van der Waals surface area contributed by atoms with E-state index >= 15 is 0 Å². The summed E-state index contributed by atoms with van der Waals surface area (Å²) in [6, 6.07) is 0. The van der Waals surface area contributed by atoms with Crippen LogP contribution in [0, 0.1) is 0 Å². The molecular formula is C10H16O3. The second-order valence-electron chi connectivity index (χ2n) is 2.72. The average Bonchev–Trinajstić information content (AvgIpc) is 2.05. The number of ketones is 2. The van der Waals surface area contributed by atoms with E-state index in [1.165, 1.54) is 13.2 Å². The molecule has 13 heavy (non-hydrogen) atoms. The zero-order chi connectivity index (χ0) is 10.3. The number of ether oxygens (including phenoxy) is 1. The van der Waals surface area contributed by atoms with Gasteiger partial charge in [-0.3, -0.25) is 9.59 Å². The van der Waals surface area contributed by atoms with Gasteiger partial charge in [0.05, 0.1) is 18.4 Å². The number of allylic oxidation sites excluding steroid dienone is 1. The molecule has 0 heterocycles. The van der Waals surface area contributed by atoms with Gasteiger partial charge in [0.1, 0.15) is 0 Å². The van der Waals surface area contributed by atoms with Crippen LogP contribution in [0.3, 0.4) is 0 Å². The van der Waals surface area contributed by atoms with Crippen molar-refractivity contribution in [2.45, 2.75) is 33.6 Å². The lowest BCUT2D eigenvalue weighted by atomic mass is 10.1. The van der Waals surface area contributed by atoms with Crippen molar-refractivity contribution >= 4 is 11.6 Å². The molecule has 0 radical (unpaired) electrons. The number of carbonyl (C=O) groups is 2. The van der Waals surface area contributed by atoms with Gasteiger partial charge in [-0.2, -0.15) is 0 Å². The summed E-state index contributed by atoms with van der Waals surface area (Å²) in [5, 5.41) is 0. The van der Waals surface area contributed by atoms with Crippen molar-refractivity contribution < 1.29 is 14.3 Å². The smallest absolute Gasteiger partial charge is 0.169 e. The third-order valence-electron chi connectivity index (χ3n) is 1.52. The average molecular weight is 184 g/mol. The molecule has 0 amide bonds. The number of Topliss-reactive ketones (excluding diaryl/α,β-unsaturated/α-hetero) is 2. The standard InChI is InChI=1S/C10H16O3/c1-4-6-10(12)9(8(3)11)7-13-5-2/h7H,4-6H2,1-3H3/b9-7-. The van der Waals surface area contributed by atoms with Gasteiger partial charge in [-0.15, -0.1) is 0 Å². The fraction of sp³-hybridized carbons (Fsp3) is 0.600. The van der Waals surface area contributed by atoms with Gasteiger partial charge in [-0.1, -0.05) is 6.92 Å². The van der Waals surface area contributed by atoms with E-state index in [-0.39, 0.29) is 17.1 Å². The molecule has 0 aliphatic carbocycles. The fourth-order valence-corrected chi connectivity index (χ4v) is 0.873. The van der Waals surface area contributed by atoms with Crippen molar-refractivity contribution in [1.82, 2.24) is 0 Å². The van der Waals surface area contributed by atoms with Gasteiger partial charge >= 0.3 is 0 Å². The van der Waals surface area contributed by atoms with Crippen LogP contribution in [-0.4, -0.2) is 18.2 Å². The molecule has 0 aliphatic heterocycles. The highest BCUT2D eigenvalue weighted by Crippen LogP contribution is 2.04. The summed E-state index contributed by atoms with van der Waals surface area (Å²) in [7, 11) is 0. The maximum absolute atomic E-state index is 11.3. The summed E-state index contributed by atoms with van der Waals surface area (Å²) >= 11 is 0. The summed E-state index contributed by atoms with van der Waals surface area (Å²) < 4.78 is 4.92. The van der Waals surface area contributed by atoms with Crippen molar-refractivity contribution in [3.8, 4) is 0 Å². The van der Waals surface area contributed by atoms with E-state index in [2.05, 4.69) is 0 Å². The van der Waals surface area contributed by atoms with Crippen LogP contribution in [0.1, 0.15) is 33.6 Å². The van der Waals surface area contributed by atoms with Gasteiger partial charge in [0, 0.05) is 6.42 Å². The molecule has 0 aromatic carbocycles. The van der Waals surface area contributed by atoms with Gasteiger partial charge < -0.3 is 4.74 Å². The zero-order valence-corrected chi connectivity index (χ0v) is 8.42. The van der Waals surface area contributed by atoms with Crippen LogP contribution in [0.5, 0.6) is 0 Å². The Morgan fingerprint density at radius 2 is 1.92 bits per heavy atom. The van der Waals surface area contributed by atoms with Crippen LogP contribution in [0.25, 0.3) is 0 Å². The minimum absolute atomic E-state index is 0.136. The van der Waals surface area contributed by atoms with Crippen LogP contribution in [0.4, 0.5) is 0 Å². The van der Waals surface area contributed by atoms with Gasteiger partial charge in [-0.05, 0) is 20.3 Å². The van der Waals surface area contributed by atoms with Gasteiger partial charge in [0.25, 0.3) is 0 Å². The Morgan fingerprint density at radius 1 is 1.31 bits per heavy atom. The summed E-state index contributed by atoms with van der Waals surface area (Å²) in [6.07, 6.45) is 2.41. The van der Waals surface area contributed by atoms with Crippen molar-refractivity contribution in [2.24, 2.45) is 0 Å². The summed E-state index contributed by atoms with van der Waals surface area (Å²) in [6.45, 7) is 5.55. The summed E-state index contributed by atoms with van der Waals surface area (Å²) in [4.78, 5) is 22.3. The van der Waals surface area contributed by atoms with Gasteiger partial charge in [-0.25, -0.2) is 0 Å². The van der Waals surface area contributed by atoms with E-state index in [9.17, 15) is 9.59 Å². The Hall–Kier alpha value is -1.12. The monoisotopic (exact) mass is 184 g/mol.